The number of carboxylic acid groups (broad SMARTS) is 1. The number of aliphatic hydroxyl groups is 1. The highest BCUT2D eigenvalue weighted by molar-refractivity contribution is 5.90. The van der Waals surface area contributed by atoms with Gasteiger partial charge in [0.25, 0.3) is 0 Å². The zero-order chi connectivity index (χ0) is 29.5. The molecule has 11 nitrogen and oxygen atoms in total. The Morgan fingerprint density at radius 1 is 1.02 bits per heavy atom. The van der Waals surface area contributed by atoms with Crippen molar-refractivity contribution in [3.05, 3.63) is 58.4 Å². The van der Waals surface area contributed by atoms with E-state index in [1.165, 1.54) is 23.2 Å². The number of pyridine rings is 1. The van der Waals surface area contributed by atoms with Crippen LogP contribution in [-0.4, -0.2) is 66.0 Å². The number of ether oxygens (including phenoxy) is 3. The molecule has 2 aromatic carbocycles. The van der Waals surface area contributed by atoms with Gasteiger partial charge in [0.05, 0.1) is 48.2 Å². The van der Waals surface area contributed by atoms with Gasteiger partial charge in [-0.3, -0.25) is 9.69 Å². The average molecular weight is 586 g/mol. The van der Waals surface area contributed by atoms with E-state index in [9.17, 15) is 23.9 Å². The van der Waals surface area contributed by atoms with Crippen molar-refractivity contribution in [1.82, 2.24) is 4.57 Å². The Hall–Kier alpha value is -4.39. The summed E-state index contributed by atoms with van der Waals surface area (Å²) in [4.78, 5) is 39.0. The molecule has 1 atom stereocenters. The Morgan fingerprint density at radius 3 is 2.43 bits per heavy atom. The van der Waals surface area contributed by atoms with Gasteiger partial charge in [-0.2, -0.15) is 0 Å². The van der Waals surface area contributed by atoms with Crippen molar-refractivity contribution in [3.63, 3.8) is 0 Å². The lowest BCUT2D eigenvalue weighted by Gasteiger charge is -2.34. The van der Waals surface area contributed by atoms with Crippen molar-refractivity contribution in [2.75, 3.05) is 42.6 Å². The molecule has 13 heteroatoms. The molecule has 0 bridgehead atoms. The highest BCUT2D eigenvalue weighted by atomic mass is 19.1. The smallest absolute Gasteiger partial charge is 0.490 e. The maximum atomic E-state index is 15.3. The Bertz CT molecular complexity index is 1600. The molecule has 6 rings (SSSR count). The van der Waals surface area contributed by atoms with Gasteiger partial charge in [0.1, 0.15) is 11.9 Å². The summed E-state index contributed by atoms with van der Waals surface area (Å²) in [7, 11) is 0. The van der Waals surface area contributed by atoms with E-state index in [-0.39, 0.29) is 48.6 Å². The number of anilines is 2. The summed E-state index contributed by atoms with van der Waals surface area (Å²) in [5, 5.41) is 18.3. The van der Waals surface area contributed by atoms with Crippen molar-refractivity contribution in [2.24, 2.45) is 5.92 Å². The molecule has 3 fully saturated rings. The molecule has 0 radical (unpaired) electrons. The minimum Gasteiger partial charge on any atom is -0.490 e. The molecule has 3 aliphatic rings. The normalized spacial score (nSPS) is 19.3. The van der Waals surface area contributed by atoms with Gasteiger partial charge < -0.3 is 33.9 Å². The number of fused-ring (bicyclic) bond motifs is 1. The number of amides is 1. The molecule has 3 aromatic rings. The van der Waals surface area contributed by atoms with E-state index in [0.29, 0.717) is 42.8 Å². The summed E-state index contributed by atoms with van der Waals surface area (Å²) in [5.41, 5.74) is 0.507. The zero-order valence-electron chi connectivity index (χ0n) is 22.5. The van der Waals surface area contributed by atoms with Crippen LogP contribution in [-0.2, 0) is 4.74 Å². The van der Waals surface area contributed by atoms with Crippen LogP contribution < -0.4 is 24.7 Å². The van der Waals surface area contributed by atoms with E-state index >= 15 is 4.39 Å². The van der Waals surface area contributed by atoms with Crippen LogP contribution in [0.15, 0.2) is 41.3 Å². The minimum atomic E-state index is -1.61. The quantitative estimate of drug-likeness (QED) is 0.372. The third kappa shape index (κ3) is 5.43. The summed E-state index contributed by atoms with van der Waals surface area (Å²) in [5.74, 6) is -1.41. The van der Waals surface area contributed by atoms with E-state index in [1.54, 1.807) is 16.7 Å². The summed E-state index contributed by atoms with van der Waals surface area (Å²) in [6.07, 6.45) is 1.53. The van der Waals surface area contributed by atoms with Gasteiger partial charge >= 0.3 is 12.2 Å². The van der Waals surface area contributed by atoms with E-state index < -0.39 is 35.4 Å². The van der Waals surface area contributed by atoms with E-state index in [2.05, 4.69) is 4.74 Å². The number of aromatic nitrogens is 1. The number of cyclic esters (lactones) is 1. The van der Waals surface area contributed by atoms with Crippen molar-refractivity contribution in [3.8, 4) is 11.5 Å². The fraction of sp³-hybridized carbons (Fsp3) is 0.414. The first-order chi connectivity index (χ1) is 20.2. The third-order valence-electron chi connectivity index (χ3n) is 7.94. The van der Waals surface area contributed by atoms with Crippen LogP contribution in [0.25, 0.3) is 10.9 Å². The molecule has 2 saturated heterocycles. The molecule has 0 spiro atoms. The first-order valence-corrected chi connectivity index (χ1v) is 13.8. The minimum absolute atomic E-state index is 0.0531. The van der Waals surface area contributed by atoms with E-state index in [4.69, 9.17) is 14.6 Å². The van der Waals surface area contributed by atoms with Gasteiger partial charge in [-0.25, -0.2) is 18.4 Å². The van der Waals surface area contributed by atoms with Crippen LogP contribution >= 0.6 is 0 Å². The molecule has 1 amide bonds. The number of carbonyl (C=O) groups is 2. The highest BCUT2D eigenvalue weighted by Crippen LogP contribution is 2.39. The van der Waals surface area contributed by atoms with Crippen LogP contribution in [0.3, 0.4) is 0 Å². The van der Waals surface area contributed by atoms with Crippen LogP contribution in [0.4, 0.5) is 29.7 Å². The summed E-state index contributed by atoms with van der Waals surface area (Å²) in [6, 6.07) is 7.08. The van der Waals surface area contributed by atoms with Gasteiger partial charge in [0.2, 0.25) is 5.43 Å². The number of rotatable bonds is 8. The first kappa shape index (κ1) is 27.8. The second-order valence-electron chi connectivity index (χ2n) is 10.8. The maximum absolute atomic E-state index is 15.3. The summed E-state index contributed by atoms with van der Waals surface area (Å²) < 4.78 is 47.3. The second kappa shape index (κ2) is 11.1. The monoisotopic (exact) mass is 585 g/mol. The molecule has 1 aromatic heterocycles. The van der Waals surface area contributed by atoms with Crippen molar-refractivity contribution < 1.29 is 42.8 Å². The number of piperidine rings is 1. The van der Waals surface area contributed by atoms with Crippen molar-refractivity contribution >= 4 is 34.5 Å². The molecule has 1 aliphatic carbocycles. The molecular weight excluding hydrogens is 556 g/mol. The molecule has 222 valence electrons. The molecule has 2 N–H and O–H groups in total. The molecular formula is C29H29F2N3O8. The first-order valence-electron chi connectivity index (χ1n) is 13.8. The lowest BCUT2D eigenvalue weighted by Crippen LogP contribution is -2.36. The summed E-state index contributed by atoms with van der Waals surface area (Å²) >= 11 is 0. The van der Waals surface area contributed by atoms with E-state index in [0.717, 1.165) is 18.9 Å². The SMILES string of the molecule is O=C(O)Oc1cn(C2CC2)c2cc(N3CCC(COc4ccc(N5C[C@H](CO)OC5=O)cc4F)CC3)c(F)cc2c1=O. The highest BCUT2D eigenvalue weighted by Gasteiger charge is 2.33. The number of benzene rings is 2. The number of carbonyl (C=O) groups excluding carboxylic acids is 1. The number of hydrogen-bond acceptors (Lipinski definition) is 8. The van der Waals surface area contributed by atoms with Gasteiger partial charge in [-0.05, 0) is 55.9 Å². The third-order valence-corrected chi connectivity index (χ3v) is 7.94. The maximum Gasteiger partial charge on any atom is 0.511 e. The molecule has 42 heavy (non-hydrogen) atoms. The van der Waals surface area contributed by atoms with Crippen LogP contribution in [0.5, 0.6) is 11.5 Å². The van der Waals surface area contributed by atoms with Gasteiger partial charge in [0, 0.05) is 25.2 Å². The fourth-order valence-electron chi connectivity index (χ4n) is 5.55. The second-order valence-corrected chi connectivity index (χ2v) is 10.8. The topological polar surface area (TPSA) is 131 Å². The number of aliphatic hydroxyl groups excluding tert-OH is 1. The predicted molar refractivity (Wildman–Crippen MR) is 147 cm³/mol. The van der Waals surface area contributed by atoms with Crippen molar-refractivity contribution in [2.45, 2.75) is 37.8 Å². The predicted octanol–water partition coefficient (Wildman–Crippen LogP) is 4.28. The molecule has 1 saturated carbocycles. The van der Waals surface area contributed by atoms with Gasteiger partial charge in [0.15, 0.2) is 17.3 Å². The molecule has 0 unspecified atom stereocenters. The van der Waals surface area contributed by atoms with Gasteiger partial charge in [-0.15, -0.1) is 0 Å². The average Bonchev–Trinajstić information content (AvgIpc) is 3.75. The number of hydrogen-bond donors (Lipinski definition) is 2. The Labute approximate surface area is 238 Å². The number of nitrogens with zero attached hydrogens (tertiary/aromatic N) is 3. The van der Waals surface area contributed by atoms with Crippen LogP contribution in [0.1, 0.15) is 31.7 Å². The Morgan fingerprint density at radius 2 is 1.79 bits per heavy atom. The lowest BCUT2D eigenvalue weighted by atomic mass is 9.97. The van der Waals surface area contributed by atoms with Gasteiger partial charge in [-0.1, -0.05) is 0 Å². The molecule has 3 heterocycles. The molecule has 2 aliphatic heterocycles. The summed E-state index contributed by atoms with van der Waals surface area (Å²) in [6.45, 7) is 1.12. The largest absolute Gasteiger partial charge is 0.511 e. The lowest BCUT2D eigenvalue weighted by molar-refractivity contribution is 0.0963. The zero-order valence-corrected chi connectivity index (χ0v) is 22.5. The number of halogens is 2. The fourth-order valence-corrected chi connectivity index (χ4v) is 5.55. The van der Waals surface area contributed by atoms with Crippen LogP contribution in [0, 0.1) is 17.6 Å². The van der Waals surface area contributed by atoms with E-state index in [1.807, 2.05) is 4.90 Å². The Balaban J connectivity index is 1.11. The van der Waals surface area contributed by atoms with Crippen LogP contribution in [0.2, 0.25) is 0 Å². The standard InChI is InChI=1S/C29H29F2N3O8/c30-21-10-20-23(33(17-1-2-17)13-26(27(20)36)42-29(38)39)11-24(21)32-7-5-16(6-8-32)15-40-25-4-3-18(9-22(25)31)34-12-19(14-35)41-28(34)37/h3-4,9-11,13,16-17,19,35H,1-2,5-8,12,14-15H2,(H,38,39)/t19-/m1/s1. The Kier molecular flexibility index (Phi) is 7.35. The van der Waals surface area contributed by atoms with Crippen molar-refractivity contribution in [1.29, 1.82) is 0 Å².